The summed E-state index contributed by atoms with van der Waals surface area (Å²) in [7, 11) is 0. The van der Waals surface area contributed by atoms with Crippen LogP contribution in [0.15, 0.2) is 71.1 Å². The number of hydrogen-bond donors (Lipinski definition) is 4. The van der Waals surface area contributed by atoms with Gasteiger partial charge in [0.15, 0.2) is 0 Å². The first kappa shape index (κ1) is 31.5. The standard InChI is InChI=1S/C33H43N3O5/c1-20(2)16-27-26(19-35-31(40)41-32(5,6)7)33(25-14-12-21(3)13-15-25,29(30(38)39)22(4)36-27)18-24-11-9-8-10-23(24)17-28(34)37/h8-15,20,36H,16-19H2,1-7H3,(H2,34,37)(H,35,40)(H,38,39). The number of dihydropyridines is 1. The second kappa shape index (κ2) is 12.6. The SMILES string of the molecule is CC1=C(C(=O)O)C(Cc2ccccc2CC(N)=O)(c2ccc(C)cc2)C(CNC(=O)OC(C)(C)C)=C(CC(C)C)N1. The van der Waals surface area contributed by atoms with Gasteiger partial charge in [-0.15, -0.1) is 0 Å². The molecule has 0 radical (unpaired) electrons. The van der Waals surface area contributed by atoms with Crippen molar-refractivity contribution in [3.63, 3.8) is 0 Å². The Morgan fingerprint density at radius 1 is 1.02 bits per heavy atom. The van der Waals surface area contributed by atoms with Crippen LogP contribution < -0.4 is 16.4 Å². The zero-order valence-corrected chi connectivity index (χ0v) is 25.2. The molecule has 0 aromatic heterocycles. The number of alkyl carbamates (subject to hydrolysis) is 1. The zero-order chi connectivity index (χ0) is 30.5. The van der Waals surface area contributed by atoms with Crippen molar-refractivity contribution in [1.82, 2.24) is 10.6 Å². The second-order valence-electron chi connectivity index (χ2n) is 12.2. The molecule has 1 unspecified atom stereocenters. The van der Waals surface area contributed by atoms with Gasteiger partial charge >= 0.3 is 12.1 Å². The van der Waals surface area contributed by atoms with E-state index >= 15 is 0 Å². The summed E-state index contributed by atoms with van der Waals surface area (Å²) in [5.74, 6) is -1.30. The third-order valence-electron chi connectivity index (χ3n) is 7.14. The molecular weight excluding hydrogens is 518 g/mol. The van der Waals surface area contributed by atoms with Gasteiger partial charge in [0.05, 0.1) is 17.4 Å². The van der Waals surface area contributed by atoms with Crippen LogP contribution in [0.4, 0.5) is 4.79 Å². The molecule has 1 aliphatic heterocycles. The molecule has 3 rings (SSSR count). The molecule has 0 aliphatic carbocycles. The van der Waals surface area contributed by atoms with Crippen molar-refractivity contribution in [3.05, 3.63) is 93.3 Å². The average molecular weight is 562 g/mol. The van der Waals surface area contributed by atoms with Gasteiger partial charge in [-0.2, -0.15) is 0 Å². The summed E-state index contributed by atoms with van der Waals surface area (Å²) in [5.41, 5.74) is 9.37. The fraction of sp³-hybridized carbons (Fsp3) is 0.424. The molecule has 0 saturated heterocycles. The summed E-state index contributed by atoms with van der Waals surface area (Å²) < 4.78 is 5.54. The number of nitrogens with two attached hydrogens (primary N) is 1. The van der Waals surface area contributed by atoms with Gasteiger partial charge in [-0.25, -0.2) is 9.59 Å². The summed E-state index contributed by atoms with van der Waals surface area (Å²) in [6, 6.07) is 15.3. The number of hydrogen-bond acceptors (Lipinski definition) is 5. The van der Waals surface area contributed by atoms with Crippen molar-refractivity contribution in [2.75, 3.05) is 6.54 Å². The number of carbonyl (C=O) groups excluding carboxylic acids is 2. The van der Waals surface area contributed by atoms with Crippen LogP contribution in [0.25, 0.3) is 0 Å². The lowest BCUT2D eigenvalue weighted by Crippen LogP contribution is -2.48. The van der Waals surface area contributed by atoms with Crippen LogP contribution in [-0.2, 0) is 32.6 Å². The highest BCUT2D eigenvalue weighted by Crippen LogP contribution is 2.48. The molecule has 2 amide bonds. The van der Waals surface area contributed by atoms with Gasteiger partial charge in [0.25, 0.3) is 0 Å². The predicted octanol–water partition coefficient (Wildman–Crippen LogP) is 5.29. The number of carbonyl (C=O) groups is 3. The Balaban J connectivity index is 2.37. The molecule has 0 bridgehead atoms. The summed E-state index contributed by atoms with van der Waals surface area (Å²) in [5, 5.41) is 17.1. The minimum Gasteiger partial charge on any atom is -0.478 e. The molecule has 1 aliphatic rings. The normalized spacial score (nSPS) is 17.4. The number of primary amides is 1. The first-order valence-electron chi connectivity index (χ1n) is 14.0. The Morgan fingerprint density at radius 3 is 2.17 bits per heavy atom. The molecule has 41 heavy (non-hydrogen) atoms. The number of rotatable bonds is 10. The van der Waals surface area contributed by atoms with Crippen LogP contribution in [0.2, 0.25) is 0 Å². The van der Waals surface area contributed by atoms with Crippen LogP contribution >= 0.6 is 0 Å². The van der Waals surface area contributed by atoms with E-state index < -0.39 is 29.0 Å². The van der Waals surface area contributed by atoms with Crippen LogP contribution in [0.1, 0.15) is 70.2 Å². The maximum Gasteiger partial charge on any atom is 0.407 e. The minimum absolute atomic E-state index is 0.0254. The number of allylic oxidation sites excluding steroid dienone is 2. The Kier molecular flexibility index (Phi) is 9.69. The van der Waals surface area contributed by atoms with E-state index in [1.54, 1.807) is 27.7 Å². The molecule has 0 saturated carbocycles. The highest BCUT2D eigenvalue weighted by Gasteiger charge is 2.48. The van der Waals surface area contributed by atoms with Gasteiger partial charge in [-0.1, -0.05) is 67.9 Å². The Labute approximate surface area is 243 Å². The molecule has 8 nitrogen and oxygen atoms in total. The largest absolute Gasteiger partial charge is 0.478 e. The number of amides is 2. The van der Waals surface area contributed by atoms with E-state index in [1.807, 2.05) is 55.5 Å². The van der Waals surface area contributed by atoms with Crippen molar-refractivity contribution in [1.29, 1.82) is 0 Å². The number of aliphatic carboxylic acids is 1. The highest BCUT2D eigenvalue weighted by atomic mass is 16.6. The second-order valence-corrected chi connectivity index (χ2v) is 12.2. The Bertz CT molecular complexity index is 1370. The van der Waals surface area contributed by atoms with E-state index in [0.717, 1.165) is 33.5 Å². The number of nitrogens with one attached hydrogen (secondary N) is 2. The van der Waals surface area contributed by atoms with Crippen LogP contribution in [0.3, 0.4) is 0 Å². The van der Waals surface area contributed by atoms with Crippen molar-refractivity contribution in [3.8, 4) is 0 Å². The van der Waals surface area contributed by atoms with Crippen molar-refractivity contribution in [2.24, 2.45) is 11.7 Å². The first-order chi connectivity index (χ1) is 19.1. The Hall–Kier alpha value is -4.07. The fourth-order valence-electron chi connectivity index (χ4n) is 5.58. The van der Waals surface area contributed by atoms with E-state index in [1.165, 1.54) is 0 Å². The topological polar surface area (TPSA) is 131 Å². The third kappa shape index (κ3) is 7.57. The Morgan fingerprint density at radius 2 is 1.63 bits per heavy atom. The first-order valence-corrected chi connectivity index (χ1v) is 14.0. The summed E-state index contributed by atoms with van der Waals surface area (Å²) >= 11 is 0. The maximum absolute atomic E-state index is 13.2. The number of carboxylic acid groups (broad SMARTS) is 1. The number of aryl methyl sites for hydroxylation is 1. The van der Waals surface area contributed by atoms with E-state index in [4.69, 9.17) is 10.5 Å². The molecule has 1 heterocycles. The van der Waals surface area contributed by atoms with Crippen LogP contribution in [0.5, 0.6) is 0 Å². The highest BCUT2D eigenvalue weighted by molar-refractivity contribution is 5.93. The fourth-order valence-corrected chi connectivity index (χ4v) is 5.58. The molecule has 220 valence electrons. The molecule has 8 heteroatoms. The molecule has 2 aromatic carbocycles. The van der Waals surface area contributed by atoms with Gasteiger partial charge < -0.3 is 26.2 Å². The van der Waals surface area contributed by atoms with E-state index in [-0.39, 0.29) is 30.9 Å². The number of carboxylic acids is 1. The molecule has 0 fully saturated rings. The number of benzene rings is 2. The number of ether oxygens (including phenoxy) is 1. The van der Waals surface area contributed by atoms with Gasteiger partial charge in [0.1, 0.15) is 5.60 Å². The molecule has 5 N–H and O–H groups in total. The van der Waals surface area contributed by atoms with Gasteiger partial charge in [0, 0.05) is 17.9 Å². The molecule has 1 atom stereocenters. The lowest BCUT2D eigenvalue weighted by molar-refractivity contribution is -0.133. The third-order valence-corrected chi connectivity index (χ3v) is 7.14. The molecule has 2 aromatic rings. The van der Waals surface area contributed by atoms with Crippen molar-refractivity contribution >= 4 is 18.0 Å². The summed E-state index contributed by atoms with van der Waals surface area (Å²) in [4.78, 5) is 38.0. The van der Waals surface area contributed by atoms with E-state index in [0.29, 0.717) is 12.1 Å². The zero-order valence-electron chi connectivity index (χ0n) is 25.2. The summed E-state index contributed by atoms with van der Waals surface area (Å²) in [6.45, 7) is 13.4. The lowest BCUT2D eigenvalue weighted by Gasteiger charge is -2.44. The van der Waals surface area contributed by atoms with E-state index in [9.17, 15) is 19.5 Å². The minimum atomic E-state index is -1.18. The van der Waals surface area contributed by atoms with Crippen molar-refractivity contribution in [2.45, 2.75) is 78.7 Å². The average Bonchev–Trinajstić information content (AvgIpc) is 2.83. The van der Waals surface area contributed by atoms with E-state index in [2.05, 4.69) is 24.5 Å². The predicted molar refractivity (Wildman–Crippen MR) is 160 cm³/mol. The van der Waals surface area contributed by atoms with Gasteiger partial charge in [-0.3, -0.25) is 4.79 Å². The van der Waals surface area contributed by atoms with Gasteiger partial charge in [-0.05, 0) is 75.6 Å². The molecule has 0 spiro atoms. The summed E-state index contributed by atoms with van der Waals surface area (Å²) in [6.07, 6.45) is 0.306. The van der Waals surface area contributed by atoms with Crippen molar-refractivity contribution < 1.29 is 24.2 Å². The molecular formula is C33H43N3O5. The van der Waals surface area contributed by atoms with Gasteiger partial charge in [0.2, 0.25) is 5.91 Å². The lowest BCUT2D eigenvalue weighted by atomic mass is 9.62. The maximum atomic E-state index is 13.2. The van der Waals surface area contributed by atoms with Crippen LogP contribution in [-0.4, -0.2) is 35.2 Å². The smallest absolute Gasteiger partial charge is 0.407 e. The monoisotopic (exact) mass is 561 g/mol. The quantitative estimate of drug-likeness (QED) is 0.312. The van der Waals surface area contributed by atoms with Crippen LogP contribution in [0, 0.1) is 12.8 Å².